The third-order valence-corrected chi connectivity index (χ3v) is 4.18. The Balaban J connectivity index is 2.66. The number of carbonyl (C=O) groups excluding carboxylic acids is 1. The summed E-state index contributed by atoms with van der Waals surface area (Å²) < 4.78 is 31.3. The van der Waals surface area contributed by atoms with Crippen molar-refractivity contribution in [2.75, 3.05) is 18.5 Å². The molecule has 0 aliphatic rings. The molecular formula is C14H22N2O4S. The topological polar surface area (TPSA) is 84.5 Å². The molecule has 0 radical (unpaired) electrons. The van der Waals surface area contributed by atoms with Crippen LogP contribution in [-0.2, 0) is 14.8 Å². The smallest absolute Gasteiger partial charge is 0.411 e. The van der Waals surface area contributed by atoms with Gasteiger partial charge in [0.1, 0.15) is 0 Å². The molecule has 2 N–H and O–H groups in total. The van der Waals surface area contributed by atoms with Gasteiger partial charge in [-0.3, -0.25) is 5.32 Å². The molecule has 6 nitrogen and oxygen atoms in total. The zero-order valence-electron chi connectivity index (χ0n) is 12.5. The second-order valence-corrected chi connectivity index (χ2v) is 6.72. The molecule has 7 heteroatoms. The molecule has 1 aromatic rings. The molecule has 0 bridgehead atoms. The summed E-state index contributed by atoms with van der Waals surface area (Å²) in [4.78, 5) is 11.4. The lowest BCUT2D eigenvalue weighted by Crippen LogP contribution is -2.25. The highest BCUT2D eigenvalue weighted by atomic mass is 32.2. The van der Waals surface area contributed by atoms with Crippen LogP contribution in [0, 0.1) is 5.92 Å². The van der Waals surface area contributed by atoms with E-state index in [0.29, 0.717) is 18.2 Å². The van der Waals surface area contributed by atoms with Crippen LogP contribution < -0.4 is 10.0 Å². The zero-order chi connectivity index (χ0) is 15.9. The van der Waals surface area contributed by atoms with E-state index >= 15 is 0 Å². The van der Waals surface area contributed by atoms with Crippen molar-refractivity contribution in [3.05, 3.63) is 24.3 Å². The molecule has 0 saturated heterocycles. The largest absolute Gasteiger partial charge is 0.450 e. The second kappa shape index (κ2) is 7.99. The Kier molecular flexibility index (Phi) is 6.64. The van der Waals surface area contributed by atoms with Crippen LogP contribution >= 0.6 is 0 Å². The zero-order valence-corrected chi connectivity index (χ0v) is 13.4. The van der Waals surface area contributed by atoms with Gasteiger partial charge in [0.05, 0.1) is 11.5 Å². The lowest BCUT2D eigenvalue weighted by Gasteiger charge is -2.09. The molecule has 0 spiro atoms. The summed E-state index contributed by atoms with van der Waals surface area (Å²) in [6.45, 7) is 6.45. The van der Waals surface area contributed by atoms with Crippen LogP contribution in [0.1, 0.15) is 27.2 Å². The number of amides is 1. The molecule has 0 aromatic heterocycles. The fourth-order valence-electron chi connectivity index (χ4n) is 1.57. The molecule has 1 amide bonds. The van der Waals surface area contributed by atoms with Crippen molar-refractivity contribution in [1.29, 1.82) is 0 Å². The van der Waals surface area contributed by atoms with E-state index in [-0.39, 0.29) is 11.5 Å². The molecule has 21 heavy (non-hydrogen) atoms. The number of hydrogen-bond donors (Lipinski definition) is 2. The van der Waals surface area contributed by atoms with Crippen molar-refractivity contribution in [3.63, 3.8) is 0 Å². The lowest BCUT2D eigenvalue weighted by molar-refractivity contribution is 0.168. The highest BCUT2D eigenvalue weighted by Crippen LogP contribution is 2.14. The summed E-state index contributed by atoms with van der Waals surface area (Å²) in [5.41, 5.74) is 0.481. The first kappa shape index (κ1) is 17.5. The van der Waals surface area contributed by atoms with Crippen LogP contribution in [0.5, 0.6) is 0 Å². The number of carbonyl (C=O) groups is 1. The number of nitrogens with one attached hydrogen (secondary N) is 2. The number of sulfonamides is 1. The lowest BCUT2D eigenvalue weighted by atomic mass is 10.1. The molecule has 118 valence electrons. The minimum atomic E-state index is -3.51. The molecule has 0 unspecified atom stereocenters. The van der Waals surface area contributed by atoms with Crippen molar-refractivity contribution in [2.45, 2.75) is 32.1 Å². The number of hydrogen-bond acceptors (Lipinski definition) is 4. The summed E-state index contributed by atoms with van der Waals surface area (Å²) in [7, 11) is -3.51. The highest BCUT2D eigenvalue weighted by molar-refractivity contribution is 7.89. The molecule has 0 atom stereocenters. The van der Waals surface area contributed by atoms with Gasteiger partial charge in [0.25, 0.3) is 0 Å². The number of anilines is 1. The van der Waals surface area contributed by atoms with Crippen LogP contribution in [-0.4, -0.2) is 27.7 Å². The number of benzene rings is 1. The van der Waals surface area contributed by atoms with Gasteiger partial charge in [0.2, 0.25) is 10.0 Å². The molecular weight excluding hydrogens is 292 g/mol. The number of rotatable bonds is 7. The average molecular weight is 314 g/mol. The van der Waals surface area contributed by atoms with Gasteiger partial charge in [-0.05, 0) is 43.5 Å². The molecule has 0 fully saturated rings. The normalized spacial score (nSPS) is 11.4. The third-order valence-electron chi connectivity index (χ3n) is 2.70. The maximum Gasteiger partial charge on any atom is 0.411 e. The minimum Gasteiger partial charge on any atom is -0.450 e. The van der Waals surface area contributed by atoms with E-state index in [1.165, 1.54) is 24.3 Å². The Morgan fingerprint density at radius 3 is 2.38 bits per heavy atom. The van der Waals surface area contributed by atoms with Gasteiger partial charge in [-0.1, -0.05) is 13.8 Å². The highest BCUT2D eigenvalue weighted by Gasteiger charge is 2.13. The van der Waals surface area contributed by atoms with Crippen LogP contribution in [0.15, 0.2) is 29.2 Å². The van der Waals surface area contributed by atoms with Crippen LogP contribution in [0.25, 0.3) is 0 Å². The van der Waals surface area contributed by atoms with Crippen molar-refractivity contribution < 1.29 is 17.9 Å². The van der Waals surface area contributed by atoms with E-state index in [2.05, 4.69) is 10.0 Å². The first-order valence-corrected chi connectivity index (χ1v) is 8.37. The monoisotopic (exact) mass is 314 g/mol. The predicted molar refractivity (Wildman–Crippen MR) is 81.7 cm³/mol. The number of ether oxygens (including phenoxy) is 1. The Labute approximate surface area is 125 Å². The predicted octanol–water partition coefficient (Wildman–Crippen LogP) is 2.58. The minimum absolute atomic E-state index is 0.167. The fraction of sp³-hybridized carbons (Fsp3) is 0.500. The van der Waals surface area contributed by atoms with E-state index in [1.54, 1.807) is 6.92 Å². The van der Waals surface area contributed by atoms with Gasteiger partial charge in [-0.15, -0.1) is 0 Å². The maximum absolute atomic E-state index is 12.0. The van der Waals surface area contributed by atoms with Crippen molar-refractivity contribution in [1.82, 2.24) is 4.72 Å². The van der Waals surface area contributed by atoms with Gasteiger partial charge in [0, 0.05) is 12.2 Å². The molecule has 0 aliphatic carbocycles. The summed E-state index contributed by atoms with van der Waals surface area (Å²) in [6, 6.07) is 5.93. The van der Waals surface area contributed by atoms with Gasteiger partial charge in [0.15, 0.2) is 0 Å². The molecule has 1 aromatic carbocycles. The first-order valence-electron chi connectivity index (χ1n) is 6.88. The van der Waals surface area contributed by atoms with Crippen molar-refractivity contribution in [3.8, 4) is 0 Å². The van der Waals surface area contributed by atoms with Gasteiger partial charge in [-0.25, -0.2) is 17.9 Å². The Hall–Kier alpha value is -1.60. The van der Waals surface area contributed by atoms with Crippen LogP contribution in [0.4, 0.5) is 10.5 Å². The van der Waals surface area contributed by atoms with E-state index in [4.69, 9.17) is 4.74 Å². The fourth-order valence-corrected chi connectivity index (χ4v) is 2.62. The summed E-state index contributed by atoms with van der Waals surface area (Å²) >= 11 is 0. The van der Waals surface area contributed by atoms with E-state index in [0.717, 1.165) is 6.42 Å². The Morgan fingerprint density at radius 1 is 1.24 bits per heavy atom. The molecule has 1 rings (SSSR count). The standard InChI is InChI=1S/C14H22N2O4S/c1-4-20-14(17)16-12-5-7-13(8-6-12)21(18,19)15-10-9-11(2)3/h5-8,11,15H,4,9-10H2,1-3H3,(H,16,17). The van der Waals surface area contributed by atoms with E-state index < -0.39 is 16.1 Å². The van der Waals surface area contributed by atoms with E-state index in [1.807, 2.05) is 13.8 Å². The first-order chi connectivity index (χ1) is 9.85. The molecule has 0 aliphatic heterocycles. The third kappa shape index (κ3) is 6.14. The summed E-state index contributed by atoms with van der Waals surface area (Å²) in [6.07, 6.45) is 0.213. The van der Waals surface area contributed by atoms with Crippen molar-refractivity contribution in [2.24, 2.45) is 5.92 Å². The van der Waals surface area contributed by atoms with Gasteiger partial charge >= 0.3 is 6.09 Å². The quantitative estimate of drug-likeness (QED) is 0.810. The Bertz CT molecular complexity index is 553. The average Bonchev–Trinajstić information content (AvgIpc) is 2.38. The maximum atomic E-state index is 12.0. The van der Waals surface area contributed by atoms with Crippen molar-refractivity contribution >= 4 is 21.8 Å². The Morgan fingerprint density at radius 2 is 1.86 bits per heavy atom. The SMILES string of the molecule is CCOC(=O)Nc1ccc(S(=O)(=O)NCCC(C)C)cc1. The van der Waals surface area contributed by atoms with Gasteiger partial charge < -0.3 is 4.74 Å². The van der Waals surface area contributed by atoms with E-state index in [9.17, 15) is 13.2 Å². The summed E-state index contributed by atoms with van der Waals surface area (Å²) in [5.74, 6) is 0.434. The van der Waals surface area contributed by atoms with Crippen LogP contribution in [0.3, 0.4) is 0 Å². The molecule has 0 heterocycles. The molecule has 0 saturated carbocycles. The van der Waals surface area contributed by atoms with Gasteiger partial charge in [-0.2, -0.15) is 0 Å². The van der Waals surface area contributed by atoms with Crippen LogP contribution in [0.2, 0.25) is 0 Å². The second-order valence-electron chi connectivity index (χ2n) is 4.95. The summed E-state index contributed by atoms with van der Waals surface area (Å²) in [5, 5.41) is 2.50.